The fourth-order valence-corrected chi connectivity index (χ4v) is 9.77. The Labute approximate surface area is 352 Å². The first-order chi connectivity index (χ1) is 29.8. The van der Waals surface area contributed by atoms with Crippen molar-refractivity contribution in [2.45, 2.75) is 38.0 Å². The van der Waals surface area contributed by atoms with E-state index in [1.165, 1.54) is 87.4 Å². The van der Waals surface area contributed by atoms with Crippen LogP contribution in [0.25, 0.3) is 77.2 Å². The van der Waals surface area contributed by atoms with E-state index >= 15 is 0 Å². The lowest BCUT2D eigenvalue weighted by Gasteiger charge is -2.29. The molecule has 2 nitrogen and oxygen atoms in total. The van der Waals surface area contributed by atoms with Crippen LogP contribution < -0.4 is 4.90 Å². The topological polar surface area (TPSA) is 16.4 Å². The fraction of sp³-hybridized carbons (Fsp3) is 0.103. The lowest BCUT2D eigenvalue weighted by atomic mass is 9.80. The Morgan fingerprint density at radius 1 is 0.367 bits per heavy atom. The highest BCUT2D eigenvalue weighted by molar-refractivity contribution is 6.12. The first kappa shape index (κ1) is 36.0. The summed E-state index contributed by atoms with van der Waals surface area (Å²) in [5, 5.41) is 5.00. The summed E-state index contributed by atoms with van der Waals surface area (Å²) in [6.07, 6.45) is 6.48. The minimum atomic E-state index is 0.588. The lowest BCUT2D eigenvalue weighted by molar-refractivity contribution is 0.445. The molecule has 0 amide bonds. The van der Waals surface area contributed by atoms with Crippen LogP contribution in [0, 0.1) is 0 Å². The average Bonchev–Trinajstić information content (AvgIpc) is 3.72. The molecule has 288 valence electrons. The SMILES string of the molecule is c1ccc(-c2ccc(-c3ccc(N(c4ccc(-c5cccc6oc7ccccc7c56)cc4)c4ccccc4-c4cccc5cccc(C6CCCCC6)c45)cc3)cc2)cc1. The second-order valence-electron chi connectivity index (χ2n) is 16.3. The van der Waals surface area contributed by atoms with Crippen LogP contribution in [0.2, 0.25) is 0 Å². The number of nitrogens with zero attached hydrogens (tertiary/aromatic N) is 1. The standard InChI is InChI=1S/C58H45NO/c1-3-14-40(15-4-1)41-28-30-42(31-29-41)43-32-36-47(37-33-43)59(48-38-34-45(35-39-48)50-23-13-27-56-58(50)53-21-8-10-26-55(53)60-56)54-25-9-7-20-51(54)52-24-12-19-46-18-11-22-49(57(46)52)44-16-5-2-6-17-44/h1,3-4,7-15,18-39,44H,2,5-6,16-17H2. The first-order valence-electron chi connectivity index (χ1n) is 21.4. The fourth-order valence-electron chi connectivity index (χ4n) is 9.77. The number of furan rings is 1. The van der Waals surface area contributed by atoms with E-state index in [-0.39, 0.29) is 0 Å². The van der Waals surface area contributed by atoms with Gasteiger partial charge in [-0.05, 0) is 117 Å². The average molecular weight is 772 g/mol. The molecule has 0 radical (unpaired) electrons. The number of benzene rings is 9. The number of anilines is 3. The Bertz CT molecular complexity index is 3090. The van der Waals surface area contributed by atoms with Gasteiger partial charge in [0.05, 0.1) is 5.69 Å². The third kappa shape index (κ3) is 6.55. The summed E-state index contributed by atoms with van der Waals surface area (Å²) in [7, 11) is 0. The summed E-state index contributed by atoms with van der Waals surface area (Å²) in [5.41, 5.74) is 16.4. The molecule has 1 heterocycles. The number of fused-ring (bicyclic) bond motifs is 4. The molecule has 1 aliphatic carbocycles. The maximum Gasteiger partial charge on any atom is 0.136 e. The molecule has 10 aromatic rings. The highest BCUT2D eigenvalue weighted by Gasteiger charge is 2.23. The van der Waals surface area contributed by atoms with Crippen molar-refractivity contribution in [2.24, 2.45) is 0 Å². The van der Waals surface area contributed by atoms with Gasteiger partial charge in [0.25, 0.3) is 0 Å². The van der Waals surface area contributed by atoms with Gasteiger partial charge >= 0.3 is 0 Å². The molecule has 9 aromatic carbocycles. The minimum absolute atomic E-state index is 0.588. The van der Waals surface area contributed by atoms with Gasteiger partial charge < -0.3 is 9.32 Å². The lowest BCUT2D eigenvalue weighted by Crippen LogP contribution is -2.11. The van der Waals surface area contributed by atoms with Crippen LogP contribution in [0.15, 0.2) is 211 Å². The minimum Gasteiger partial charge on any atom is -0.456 e. The zero-order valence-corrected chi connectivity index (χ0v) is 33.6. The normalized spacial score (nSPS) is 13.3. The molecule has 60 heavy (non-hydrogen) atoms. The van der Waals surface area contributed by atoms with Crippen molar-refractivity contribution in [1.29, 1.82) is 0 Å². The van der Waals surface area contributed by atoms with Gasteiger partial charge in [-0.2, -0.15) is 0 Å². The van der Waals surface area contributed by atoms with E-state index in [0.29, 0.717) is 5.92 Å². The molecule has 0 spiro atoms. The number of rotatable bonds is 8. The second-order valence-corrected chi connectivity index (χ2v) is 16.3. The summed E-state index contributed by atoms with van der Waals surface area (Å²) >= 11 is 0. The molecular weight excluding hydrogens is 727 g/mol. The molecule has 0 unspecified atom stereocenters. The summed E-state index contributed by atoms with van der Waals surface area (Å²) in [6.45, 7) is 0. The first-order valence-corrected chi connectivity index (χ1v) is 21.4. The molecular formula is C58H45NO. The van der Waals surface area contributed by atoms with E-state index in [1.54, 1.807) is 0 Å². The molecule has 0 bridgehead atoms. The monoisotopic (exact) mass is 771 g/mol. The van der Waals surface area contributed by atoms with E-state index < -0.39 is 0 Å². The molecule has 0 saturated heterocycles. The van der Waals surface area contributed by atoms with Crippen LogP contribution in [0.5, 0.6) is 0 Å². The third-order valence-corrected chi connectivity index (χ3v) is 12.7. The Morgan fingerprint density at radius 2 is 0.900 bits per heavy atom. The molecule has 1 fully saturated rings. The summed E-state index contributed by atoms with van der Waals surface area (Å²) in [6, 6.07) is 75.2. The van der Waals surface area contributed by atoms with Crippen molar-refractivity contribution < 1.29 is 4.42 Å². The summed E-state index contributed by atoms with van der Waals surface area (Å²) in [4.78, 5) is 2.44. The van der Waals surface area contributed by atoms with Crippen molar-refractivity contribution in [3.63, 3.8) is 0 Å². The number of hydrogen-bond acceptors (Lipinski definition) is 2. The van der Waals surface area contributed by atoms with Crippen LogP contribution >= 0.6 is 0 Å². The van der Waals surface area contributed by atoms with E-state index in [2.05, 4.69) is 205 Å². The van der Waals surface area contributed by atoms with Crippen molar-refractivity contribution in [3.05, 3.63) is 212 Å². The molecule has 11 rings (SSSR count). The van der Waals surface area contributed by atoms with E-state index in [0.717, 1.165) is 44.6 Å². The van der Waals surface area contributed by atoms with Crippen molar-refractivity contribution in [1.82, 2.24) is 0 Å². The molecule has 2 heteroatoms. The molecule has 0 atom stereocenters. The third-order valence-electron chi connectivity index (χ3n) is 12.7. The zero-order chi connectivity index (χ0) is 39.8. The Kier molecular flexibility index (Phi) is 9.32. The van der Waals surface area contributed by atoms with Gasteiger partial charge in [-0.1, -0.05) is 183 Å². The van der Waals surface area contributed by atoms with Crippen LogP contribution in [0.1, 0.15) is 43.6 Å². The van der Waals surface area contributed by atoms with Gasteiger partial charge in [0.15, 0.2) is 0 Å². The van der Waals surface area contributed by atoms with Crippen LogP contribution in [-0.4, -0.2) is 0 Å². The Hall–Kier alpha value is -7.16. The van der Waals surface area contributed by atoms with Crippen molar-refractivity contribution >= 4 is 49.8 Å². The van der Waals surface area contributed by atoms with Gasteiger partial charge in [0.2, 0.25) is 0 Å². The summed E-state index contributed by atoms with van der Waals surface area (Å²) in [5.74, 6) is 0.588. The number of hydrogen-bond donors (Lipinski definition) is 0. The van der Waals surface area contributed by atoms with Gasteiger partial charge in [0, 0.05) is 27.7 Å². The van der Waals surface area contributed by atoms with Gasteiger partial charge in [-0.15, -0.1) is 0 Å². The molecule has 1 aromatic heterocycles. The van der Waals surface area contributed by atoms with E-state index in [9.17, 15) is 0 Å². The molecule has 1 aliphatic rings. The van der Waals surface area contributed by atoms with E-state index in [4.69, 9.17) is 4.42 Å². The Balaban J connectivity index is 1.04. The molecule has 0 aliphatic heterocycles. The largest absolute Gasteiger partial charge is 0.456 e. The predicted octanol–water partition coefficient (Wildman–Crippen LogP) is 16.9. The van der Waals surface area contributed by atoms with Gasteiger partial charge in [-0.25, -0.2) is 0 Å². The van der Waals surface area contributed by atoms with Gasteiger partial charge in [-0.3, -0.25) is 0 Å². The number of para-hydroxylation sites is 2. The van der Waals surface area contributed by atoms with Crippen molar-refractivity contribution in [2.75, 3.05) is 4.90 Å². The van der Waals surface area contributed by atoms with Crippen molar-refractivity contribution in [3.8, 4) is 44.5 Å². The highest BCUT2D eigenvalue weighted by atomic mass is 16.3. The van der Waals surface area contributed by atoms with Crippen LogP contribution in [0.4, 0.5) is 17.1 Å². The molecule has 0 N–H and O–H groups in total. The Morgan fingerprint density at radius 3 is 1.63 bits per heavy atom. The van der Waals surface area contributed by atoms with Crippen LogP contribution in [-0.2, 0) is 0 Å². The second kappa shape index (κ2) is 15.5. The summed E-state index contributed by atoms with van der Waals surface area (Å²) < 4.78 is 6.28. The molecule has 1 saturated carbocycles. The highest BCUT2D eigenvalue weighted by Crippen LogP contribution is 2.46. The maximum absolute atomic E-state index is 6.28. The van der Waals surface area contributed by atoms with Gasteiger partial charge in [0.1, 0.15) is 11.2 Å². The quantitative estimate of drug-likeness (QED) is 0.153. The zero-order valence-electron chi connectivity index (χ0n) is 33.6. The maximum atomic E-state index is 6.28. The van der Waals surface area contributed by atoms with Crippen LogP contribution in [0.3, 0.4) is 0 Å². The predicted molar refractivity (Wildman–Crippen MR) is 253 cm³/mol. The van der Waals surface area contributed by atoms with E-state index in [1.807, 2.05) is 6.07 Å². The smallest absolute Gasteiger partial charge is 0.136 e.